The molecule has 25 heavy (non-hydrogen) atoms. The van der Waals surface area contributed by atoms with E-state index in [0.29, 0.717) is 10.0 Å². The Bertz CT molecular complexity index is 727. The van der Waals surface area contributed by atoms with Gasteiger partial charge in [-0.3, -0.25) is 8.61 Å². The highest BCUT2D eigenvalue weighted by Crippen LogP contribution is 2.23. The molecule has 0 amide bonds. The molecule has 0 aliphatic heterocycles. The van der Waals surface area contributed by atoms with E-state index in [-0.39, 0.29) is 0 Å². The van der Waals surface area contributed by atoms with E-state index >= 15 is 0 Å². The maximum absolute atomic E-state index is 5.96. The van der Waals surface area contributed by atoms with E-state index in [4.69, 9.17) is 23.2 Å². The third-order valence-corrected chi connectivity index (χ3v) is 4.47. The van der Waals surface area contributed by atoms with Crippen molar-refractivity contribution in [2.45, 2.75) is 13.8 Å². The first-order chi connectivity index (χ1) is 11.8. The Kier molecular flexibility index (Phi) is 7.17. The first-order valence-corrected chi connectivity index (χ1v) is 9.08. The van der Waals surface area contributed by atoms with Crippen molar-refractivity contribution in [3.8, 4) is 0 Å². The van der Waals surface area contributed by atoms with Crippen LogP contribution in [0, 0.1) is 13.8 Å². The minimum Gasteiger partial charge on any atom is -0.292 e. The maximum Gasteiger partial charge on any atom is 0.102 e. The molecule has 0 heterocycles. The van der Waals surface area contributed by atoms with Crippen LogP contribution in [-0.2, 0) is 0 Å². The van der Waals surface area contributed by atoms with E-state index in [9.17, 15) is 0 Å². The van der Waals surface area contributed by atoms with Crippen molar-refractivity contribution in [3.05, 3.63) is 57.6 Å². The summed E-state index contributed by atoms with van der Waals surface area (Å²) in [6, 6.07) is 11.3. The van der Waals surface area contributed by atoms with Crippen LogP contribution >= 0.6 is 35.3 Å². The molecule has 0 unspecified atom stereocenters. The monoisotopic (exact) mass is 394 g/mol. The number of halogens is 2. The molecule has 0 saturated carbocycles. The van der Waals surface area contributed by atoms with Gasteiger partial charge in [0.25, 0.3) is 0 Å². The van der Waals surface area contributed by atoms with Crippen LogP contribution in [0.5, 0.6) is 0 Å². The van der Waals surface area contributed by atoms with Crippen LogP contribution in [-0.4, -0.2) is 35.4 Å². The molecule has 0 atom stereocenters. The van der Waals surface area contributed by atoms with Gasteiger partial charge in [0.15, 0.2) is 0 Å². The predicted molar refractivity (Wildman–Crippen MR) is 112 cm³/mol. The molecule has 2 aromatic carbocycles. The van der Waals surface area contributed by atoms with Crippen molar-refractivity contribution in [2.75, 3.05) is 14.1 Å². The number of nitrogens with zero attached hydrogens (tertiary/aromatic N) is 4. The lowest BCUT2D eigenvalue weighted by Crippen LogP contribution is -2.16. The van der Waals surface area contributed by atoms with Crippen LogP contribution in [0.1, 0.15) is 11.1 Å². The van der Waals surface area contributed by atoms with E-state index in [0.717, 1.165) is 22.5 Å². The highest BCUT2D eigenvalue weighted by molar-refractivity contribution is 7.95. The summed E-state index contributed by atoms with van der Waals surface area (Å²) in [5, 5.41) is 1.43. The normalized spacial score (nSPS) is 11.4. The molecule has 4 nitrogen and oxygen atoms in total. The van der Waals surface area contributed by atoms with Crippen molar-refractivity contribution >= 4 is 59.4 Å². The molecule has 0 bridgehead atoms. The molecule has 2 rings (SSSR count). The molecular formula is C18H20Cl2N4S. The van der Waals surface area contributed by atoms with Crippen LogP contribution in [0.3, 0.4) is 0 Å². The molecule has 0 spiro atoms. The standard InChI is InChI=1S/C18H20Cl2N4S/c1-13-9-15(19)5-7-17(13)21-11-23(3)25-24(4)12-22-18-8-6-16(20)10-14(18)2/h5-12H,1-4H3. The average molecular weight is 395 g/mol. The average Bonchev–Trinajstić information content (AvgIpc) is 2.53. The van der Waals surface area contributed by atoms with Gasteiger partial charge in [-0.05, 0) is 61.4 Å². The number of rotatable bonds is 6. The summed E-state index contributed by atoms with van der Waals surface area (Å²) < 4.78 is 3.80. The molecule has 0 aliphatic rings. The van der Waals surface area contributed by atoms with Gasteiger partial charge in [0.1, 0.15) is 12.7 Å². The van der Waals surface area contributed by atoms with E-state index in [2.05, 4.69) is 9.98 Å². The lowest BCUT2D eigenvalue weighted by atomic mass is 10.2. The number of aryl methyl sites for hydroxylation is 2. The van der Waals surface area contributed by atoms with Gasteiger partial charge in [-0.25, -0.2) is 9.98 Å². The zero-order valence-electron chi connectivity index (χ0n) is 14.6. The largest absolute Gasteiger partial charge is 0.292 e. The zero-order chi connectivity index (χ0) is 18.4. The van der Waals surface area contributed by atoms with Crippen LogP contribution < -0.4 is 0 Å². The molecule has 0 aliphatic carbocycles. The Morgan fingerprint density at radius 3 is 1.56 bits per heavy atom. The van der Waals surface area contributed by atoms with Crippen LogP contribution in [0.2, 0.25) is 10.0 Å². The lowest BCUT2D eigenvalue weighted by molar-refractivity contribution is 0.779. The maximum atomic E-state index is 5.96. The fourth-order valence-corrected chi connectivity index (χ4v) is 3.10. The molecule has 0 N–H and O–H groups in total. The minimum atomic E-state index is 0.715. The Morgan fingerprint density at radius 1 is 0.800 bits per heavy atom. The van der Waals surface area contributed by atoms with Crippen molar-refractivity contribution in [3.63, 3.8) is 0 Å². The van der Waals surface area contributed by atoms with Crippen LogP contribution in [0.25, 0.3) is 0 Å². The van der Waals surface area contributed by atoms with Crippen molar-refractivity contribution < 1.29 is 0 Å². The molecular weight excluding hydrogens is 375 g/mol. The molecule has 0 saturated heterocycles. The molecule has 0 radical (unpaired) electrons. The Hall–Kier alpha value is -1.69. The van der Waals surface area contributed by atoms with Crippen LogP contribution in [0.15, 0.2) is 46.4 Å². The van der Waals surface area contributed by atoms with Gasteiger partial charge in [-0.2, -0.15) is 0 Å². The lowest BCUT2D eigenvalue weighted by Gasteiger charge is -2.18. The van der Waals surface area contributed by atoms with E-state index in [1.807, 2.05) is 73.0 Å². The molecule has 2 aromatic rings. The van der Waals surface area contributed by atoms with Gasteiger partial charge in [-0.1, -0.05) is 23.2 Å². The molecule has 0 fully saturated rings. The molecule has 132 valence electrons. The van der Waals surface area contributed by atoms with Gasteiger partial charge < -0.3 is 0 Å². The third kappa shape index (κ3) is 6.27. The van der Waals surface area contributed by atoms with Crippen LogP contribution in [0.4, 0.5) is 11.4 Å². The first kappa shape index (κ1) is 19.6. The van der Waals surface area contributed by atoms with Crippen molar-refractivity contribution in [2.24, 2.45) is 9.98 Å². The van der Waals surface area contributed by atoms with E-state index < -0.39 is 0 Å². The van der Waals surface area contributed by atoms with Gasteiger partial charge in [-0.15, -0.1) is 0 Å². The Labute approximate surface area is 163 Å². The second-order valence-corrected chi connectivity index (χ2v) is 7.71. The predicted octanol–water partition coefficient (Wildman–Crippen LogP) is 6.06. The highest BCUT2D eigenvalue weighted by Gasteiger charge is 2.01. The summed E-state index contributed by atoms with van der Waals surface area (Å²) in [5.74, 6) is 0. The van der Waals surface area contributed by atoms with Gasteiger partial charge in [0, 0.05) is 24.1 Å². The summed E-state index contributed by atoms with van der Waals surface area (Å²) in [6.45, 7) is 3.97. The number of benzene rings is 2. The van der Waals surface area contributed by atoms with Gasteiger partial charge >= 0.3 is 0 Å². The smallest absolute Gasteiger partial charge is 0.102 e. The number of hydrogen-bond acceptors (Lipinski definition) is 3. The molecule has 7 heteroatoms. The van der Waals surface area contributed by atoms with Gasteiger partial charge in [0.2, 0.25) is 0 Å². The summed E-state index contributed by atoms with van der Waals surface area (Å²) >= 11 is 13.4. The first-order valence-electron chi connectivity index (χ1n) is 7.59. The SMILES string of the molecule is Cc1cc(Cl)ccc1N=CN(C)SN(C)C=Nc1ccc(Cl)cc1C. The second kappa shape index (κ2) is 9.13. The Morgan fingerprint density at radius 2 is 1.20 bits per heavy atom. The Balaban J connectivity index is 1.94. The third-order valence-electron chi connectivity index (χ3n) is 3.29. The van der Waals surface area contributed by atoms with E-state index in [1.54, 1.807) is 12.7 Å². The highest BCUT2D eigenvalue weighted by atomic mass is 35.5. The van der Waals surface area contributed by atoms with E-state index in [1.165, 1.54) is 12.1 Å². The summed E-state index contributed by atoms with van der Waals surface area (Å²) in [7, 11) is 3.86. The molecule has 0 aromatic heterocycles. The quantitative estimate of drug-likeness (QED) is 0.339. The van der Waals surface area contributed by atoms with Crippen molar-refractivity contribution in [1.82, 2.24) is 8.61 Å². The van der Waals surface area contributed by atoms with Gasteiger partial charge in [0.05, 0.1) is 23.5 Å². The summed E-state index contributed by atoms with van der Waals surface area (Å²) in [6.07, 6.45) is 3.53. The number of aliphatic imine (C=N–C) groups is 2. The fraction of sp³-hybridized carbons (Fsp3) is 0.222. The topological polar surface area (TPSA) is 31.2 Å². The fourth-order valence-electron chi connectivity index (χ4n) is 2.06. The number of hydrogen-bond donors (Lipinski definition) is 0. The summed E-state index contributed by atoms with van der Waals surface area (Å²) in [5.41, 5.74) is 3.86. The van der Waals surface area contributed by atoms with Crippen molar-refractivity contribution in [1.29, 1.82) is 0 Å². The zero-order valence-corrected chi connectivity index (χ0v) is 16.9. The summed E-state index contributed by atoms with van der Waals surface area (Å²) in [4.78, 5) is 8.96. The second-order valence-electron chi connectivity index (χ2n) is 5.52. The minimum absolute atomic E-state index is 0.715.